The number of hydrogen-bond acceptors (Lipinski definition) is 4. The van der Waals surface area contributed by atoms with E-state index in [1.54, 1.807) is 25.2 Å². The van der Waals surface area contributed by atoms with E-state index >= 15 is 0 Å². The second-order valence-electron chi connectivity index (χ2n) is 5.43. The van der Waals surface area contributed by atoms with Gasteiger partial charge in [-0.2, -0.15) is 10.2 Å². The molecule has 2 heterocycles. The van der Waals surface area contributed by atoms with Gasteiger partial charge in [-0.05, 0) is 32.0 Å². The number of benzene rings is 1. The van der Waals surface area contributed by atoms with Gasteiger partial charge in [0.05, 0.1) is 11.7 Å². The molecule has 1 N–H and O–H groups in total. The maximum absolute atomic E-state index is 12.3. The minimum absolute atomic E-state index is 0.132. The monoisotopic (exact) mass is 319 g/mol. The lowest BCUT2D eigenvalue weighted by molar-refractivity contribution is 0.537. The van der Waals surface area contributed by atoms with Gasteiger partial charge in [-0.15, -0.1) is 0 Å². The molecular formula is C14H17N5O2S. The average Bonchev–Trinajstić information content (AvgIpc) is 3.04. The van der Waals surface area contributed by atoms with Crippen molar-refractivity contribution in [2.45, 2.75) is 24.8 Å². The minimum Gasteiger partial charge on any atom is -0.280 e. The summed E-state index contributed by atoms with van der Waals surface area (Å²) in [6, 6.07) is 5.53. The standard InChI is InChI=1S/C14H17N5O2S/c1-10(2)19-8-11-6-12(4-5-14(11)16-19)17-22(20,21)13-7-15-18(3)9-13/h4-10,17H,1-3H3. The van der Waals surface area contributed by atoms with Crippen molar-refractivity contribution in [2.24, 2.45) is 7.05 Å². The van der Waals surface area contributed by atoms with Crippen molar-refractivity contribution >= 4 is 26.6 Å². The van der Waals surface area contributed by atoms with Crippen molar-refractivity contribution in [1.29, 1.82) is 0 Å². The Kier molecular flexibility index (Phi) is 3.40. The molecule has 7 nitrogen and oxygen atoms in total. The summed E-state index contributed by atoms with van der Waals surface area (Å²) >= 11 is 0. The number of anilines is 1. The van der Waals surface area contributed by atoms with E-state index in [1.807, 2.05) is 24.7 Å². The third kappa shape index (κ3) is 2.69. The summed E-state index contributed by atoms with van der Waals surface area (Å²) < 4.78 is 30.4. The SMILES string of the molecule is CC(C)n1cc2cc(NS(=O)(=O)c3cnn(C)c3)ccc2n1. The number of aromatic nitrogens is 4. The summed E-state index contributed by atoms with van der Waals surface area (Å²) in [5, 5.41) is 9.21. The number of rotatable bonds is 4. The van der Waals surface area contributed by atoms with Gasteiger partial charge in [0, 0.05) is 36.6 Å². The number of fused-ring (bicyclic) bond motifs is 1. The summed E-state index contributed by atoms with van der Waals surface area (Å²) in [6.07, 6.45) is 4.68. The summed E-state index contributed by atoms with van der Waals surface area (Å²) in [5.41, 5.74) is 1.33. The zero-order chi connectivity index (χ0) is 15.9. The Morgan fingerprint density at radius 3 is 2.64 bits per heavy atom. The predicted molar refractivity (Wildman–Crippen MR) is 84.1 cm³/mol. The molecule has 0 saturated heterocycles. The zero-order valence-electron chi connectivity index (χ0n) is 12.6. The van der Waals surface area contributed by atoms with E-state index in [4.69, 9.17) is 0 Å². The van der Waals surface area contributed by atoms with E-state index in [0.717, 1.165) is 10.9 Å². The largest absolute Gasteiger partial charge is 0.280 e. The van der Waals surface area contributed by atoms with Crippen molar-refractivity contribution in [1.82, 2.24) is 19.6 Å². The van der Waals surface area contributed by atoms with Gasteiger partial charge < -0.3 is 0 Å². The van der Waals surface area contributed by atoms with Gasteiger partial charge in [-0.3, -0.25) is 14.1 Å². The van der Waals surface area contributed by atoms with Gasteiger partial charge in [0.15, 0.2) is 0 Å². The second kappa shape index (κ2) is 5.13. The average molecular weight is 319 g/mol. The van der Waals surface area contributed by atoms with Crippen LogP contribution >= 0.6 is 0 Å². The molecule has 0 fully saturated rings. The fourth-order valence-electron chi connectivity index (χ4n) is 2.12. The highest BCUT2D eigenvalue weighted by Crippen LogP contribution is 2.22. The summed E-state index contributed by atoms with van der Waals surface area (Å²) in [5.74, 6) is 0. The molecule has 0 aliphatic rings. The third-order valence-electron chi connectivity index (χ3n) is 3.29. The number of nitrogens with zero attached hydrogens (tertiary/aromatic N) is 4. The predicted octanol–water partition coefficient (Wildman–Crippen LogP) is 2.15. The molecular weight excluding hydrogens is 302 g/mol. The van der Waals surface area contributed by atoms with Gasteiger partial charge in [0.1, 0.15) is 4.90 Å². The Balaban J connectivity index is 1.93. The number of nitrogens with one attached hydrogen (secondary N) is 1. The van der Waals surface area contributed by atoms with Crippen LogP contribution in [-0.2, 0) is 17.1 Å². The summed E-state index contributed by atoms with van der Waals surface area (Å²) in [6.45, 7) is 4.08. The molecule has 0 spiro atoms. The summed E-state index contributed by atoms with van der Waals surface area (Å²) in [7, 11) is -1.96. The van der Waals surface area contributed by atoms with Gasteiger partial charge >= 0.3 is 0 Å². The van der Waals surface area contributed by atoms with Crippen molar-refractivity contribution in [3.8, 4) is 0 Å². The van der Waals surface area contributed by atoms with Crippen LogP contribution in [0.25, 0.3) is 10.9 Å². The van der Waals surface area contributed by atoms with E-state index in [0.29, 0.717) is 5.69 Å². The normalized spacial score (nSPS) is 12.2. The van der Waals surface area contributed by atoms with Crippen LogP contribution in [0.4, 0.5) is 5.69 Å². The highest BCUT2D eigenvalue weighted by Gasteiger charge is 2.16. The molecule has 0 saturated carbocycles. The van der Waals surface area contributed by atoms with E-state index in [1.165, 1.54) is 17.1 Å². The molecule has 2 aromatic heterocycles. The Bertz CT molecular complexity index is 924. The zero-order valence-corrected chi connectivity index (χ0v) is 13.4. The van der Waals surface area contributed by atoms with Crippen molar-refractivity contribution in [3.05, 3.63) is 36.8 Å². The molecule has 0 aliphatic heterocycles. The summed E-state index contributed by atoms with van der Waals surface area (Å²) in [4.78, 5) is 0.132. The van der Waals surface area contributed by atoms with E-state index < -0.39 is 10.0 Å². The minimum atomic E-state index is -3.63. The smallest absolute Gasteiger partial charge is 0.265 e. The van der Waals surface area contributed by atoms with Crippen LogP contribution in [-0.4, -0.2) is 28.0 Å². The van der Waals surface area contributed by atoms with E-state index in [2.05, 4.69) is 14.9 Å². The third-order valence-corrected chi connectivity index (χ3v) is 4.63. The first-order valence-corrected chi connectivity index (χ1v) is 8.34. The van der Waals surface area contributed by atoms with Crippen LogP contribution < -0.4 is 4.72 Å². The molecule has 3 aromatic rings. The van der Waals surface area contributed by atoms with Gasteiger partial charge in [-0.25, -0.2) is 8.42 Å². The molecule has 0 bridgehead atoms. The van der Waals surface area contributed by atoms with Gasteiger partial charge in [-0.1, -0.05) is 0 Å². The van der Waals surface area contributed by atoms with Crippen molar-refractivity contribution < 1.29 is 8.42 Å². The number of hydrogen-bond donors (Lipinski definition) is 1. The molecule has 1 aromatic carbocycles. The lowest BCUT2D eigenvalue weighted by atomic mass is 10.2. The fourth-order valence-corrected chi connectivity index (χ4v) is 3.16. The second-order valence-corrected chi connectivity index (χ2v) is 7.11. The van der Waals surface area contributed by atoms with E-state index in [-0.39, 0.29) is 10.9 Å². The molecule has 0 unspecified atom stereocenters. The molecule has 0 radical (unpaired) electrons. The van der Waals surface area contributed by atoms with Crippen LogP contribution in [0.1, 0.15) is 19.9 Å². The quantitative estimate of drug-likeness (QED) is 0.799. The van der Waals surface area contributed by atoms with E-state index in [9.17, 15) is 8.42 Å². The topological polar surface area (TPSA) is 81.8 Å². The number of sulfonamides is 1. The van der Waals surface area contributed by atoms with Gasteiger partial charge in [0.25, 0.3) is 10.0 Å². The Labute approximate surface area is 128 Å². The fraction of sp³-hybridized carbons (Fsp3) is 0.286. The molecule has 0 aliphatic carbocycles. The first-order chi connectivity index (χ1) is 10.3. The van der Waals surface area contributed by atoms with Crippen LogP contribution in [0, 0.1) is 0 Å². The van der Waals surface area contributed by atoms with Crippen LogP contribution in [0.15, 0.2) is 41.7 Å². The first kappa shape index (κ1) is 14.6. The molecule has 22 heavy (non-hydrogen) atoms. The molecule has 116 valence electrons. The van der Waals surface area contributed by atoms with Crippen LogP contribution in [0.3, 0.4) is 0 Å². The Morgan fingerprint density at radius 1 is 1.23 bits per heavy atom. The van der Waals surface area contributed by atoms with Crippen molar-refractivity contribution in [3.63, 3.8) is 0 Å². The maximum atomic E-state index is 12.3. The highest BCUT2D eigenvalue weighted by molar-refractivity contribution is 7.92. The first-order valence-electron chi connectivity index (χ1n) is 6.85. The lowest BCUT2D eigenvalue weighted by Crippen LogP contribution is -2.12. The molecule has 0 atom stereocenters. The number of aryl methyl sites for hydroxylation is 1. The Hall–Kier alpha value is -2.35. The van der Waals surface area contributed by atoms with Gasteiger partial charge in [0.2, 0.25) is 0 Å². The van der Waals surface area contributed by atoms with Crippen molar-refractivity contribution in [2.75, 3.05) is 4.72 Å². The molecule has 0 amide bonds. The molecule has 8 heteroatoms. The molecule has 3 rings (SSSR count). The maximum Gasteiger partial charge on any atom is 0.265 e. The highest BCUT2D eigenvalue weighted by atomic mass is 32.2. The van der Waals surface area contributed by atoms with Crippen LogP contribution in [0.5, 0.6) is 0 Å². The van der Waals surface area contributed by atoms with Crippen LogP contribution in [0.2, 0.25) is 0 Å². The lowest BCUT2D eigenvalue weighted by Gasteiger charge is -2.05. The Morgan fingerprint density at radius 2 is 2.00 bits per heavy atom.